The molecule has 0 aliphatic carbocycles. The fraction of sp³-hybridized carbons (Fsp3) is 0.714. The molecule has 0 aromatic carbocycles. The molecule has 1 unspecified atom stereocenters. The van der Waals surface area contributed by atoms with Crippen LogP contribution in [0.25, 0.3) is 0 Å². The van der Waals surface area contributed by atoms with E-state index in [2.05, 4.69) is 23.8 Å². The highest BCUT2D eigenvalue weighted by Gasteiger charge is 2.31. The summed E-state index contributed by atoms with van der Waals surface area (Å²) < 4.78 is 7.32. The summed E-state index contributed by atoms with van der Waals surface area (Å²) in [4.78, 5) is 14.9. The fourth-order valence-corrected chi connectivity index (χ4v) is 2.67. The Morgan fingerprint density at radius 2 is 2.35 bits per heavy atom. The largest absolute Gasteiger partial charge is 0.367 e. The van der Waals surface area contributed by atoms with Gasteiger partial charge in [-0.15, -0.1) is 0 Å². The second-order valence-corrected chi connectivity index (χ2v) is 5.78. The van der Waals surface area contributed by atoms with E-state index in [1.165, 1.54) is 6.20 Å². The minimum Gasteiger partial charge on any atom is -0.367 e. The summed E-state index contributed by atoms with van der Waals surface area (Å²) in [5, 5.41) is 4.58. The molecule has 2 heterocycles. The maximum absolute atomic E-state index is 12.6. The van der Waals surface area contributed by atoms with Gasteiger partial charge >= 0.3 is 0 Å². The lowest BCUT2D eigenvalue weighted by atomic mass is 10.1. The summed E-state index contributed by atoms with van der Waals surface area (Å²) in [5.74, 6) is -0.0636. The van der Waals surface area contributed by atoms with E-state index in [-0.39, 0.29) is 5.78 Å². The SMILES string of the molecule is CCCn1ncc(Cl)c1C(=O)C1CN(C(C)C)CCO1. The van der Waals surface area contributed by atoms with Crippen LogP contribution < -0.4 is 0 Å². The molecular weight excluding hydrogens is 278 g/mol. The molecule has 1 saturated heterocycles. The van der Waals surface area contributed by atoms with Gasteiger partial charge in [0.05, 0.1) is 17.8 Å². The molecule has 0 N–H and O–H groups in total. The van der Waals surface area contributed by atoms with Crippen molar-refractivity contribution in [3.8, 4) is 0 Å². The summed E-state index contributed by atoms with van der Waals surface area (Å²) >= 11 is 6.12. The van der Waals surface area contributed by atoms with Gasteiger partial charge in [-0.25, -0.2) is 0 Å². The lowest BCUT2D eigenvalue weighted by Crippen LogP contribution is -2.49. The third-order valence-corrected chi connectivity index (χ3v) is 3.86. The van der Waals surface area contributed by atoms with Crippen LogP contribution in [0.5, 0.6) is 0 Å². The van der Waals surface area contributed by atoms with Crippen molar-refractivity contribution in [3.63, 3.8) is 0 Å². The smallest absolute Gasteiger partial charge is 0.212 e. The summed E-state index contributed by atoms with van der Waals surface area (Å²) in [7, 11) is 0. The Labute approximate surface area is 124 Å². The van der Waals surface area contributed by atoms with Gasteiger partial charge < -0.3 is 4.74 Å². The van der Waals surface area contributed by atoms with Gasteiger partial charge in [0.25, 0.3) is 0 Å². The fourth-order valence-electron chi connectivity index (χ4n) is 2.44. The number of Topliss-reactive ketones (excluding diaryl/α,β-unsaturated/α-hetero) is 1. The maximum atomic E-state index is 12.6. The van der Waals surface area contributed by atoms with Crippen LogP contribution in [0.1, 0.15) is 37.7 Å². The van der Waals surface area contributed by atoms with E-state index in [9.17, 15) is 4.79 Å². The summed E-state index contributed by atoms with van der Waals surface area (Å²) in [6, 6.07) is 0.408. The number of ether oxygens (including phenoxy) is 1. The highest BCUT2D eigenvalue weighted by Crippen LogP contribution is 2.20. The summed E-state index contributed by atoms with van der Waals surface area (Å²) in [5.41, 5.74) is 0.476. The number of ketones is 1. The highest BCUT2D eigenvalue weighted by molar-refractivity contribution is 6.33. The number of aryl methyl sites for hydroxylation is 1. The van der Waals surface area contributed by atoms with Crippen LogP contribution >= 0.6 is 11.6 Å². The van der Waals surface area contributed by atoms with Gasteiger partial charge in [0.2, 0.25) is 5.78 Å². The molecule has 1 atom stereocenters. The molecule has 5 nitrogen and oxygen atoms in total. The lowest BCUT2D eigenvalue weighted by Gasteiger charge is -2.34. The number of carbonyl (C=O) groups is 1. The van der Waals surface area contributed by atoms with Crippen molar-refractivity contribution in [3.05, 3.63) is 16.9 Å². The summed E-state index contributed by atoms with van der Waals surface area (Å²) in [6.07, 6.45) is 1.99. The number of rotatable bonds is 5. The highest BCUT2D eigenvalue weighted by atomic mass is 35.5. The zero-order chi connectivity index (χ0) is 14.7. The molecule has 1 fully saturated rings. The molecule has 0 radical (unpaired) electrons. The number of morpholine rings is 1. The maximum Gasteiger partial charge on any atom is 0.212 e. The number of carbonyl (C=O) groups excluding carboxylic acids is 1. The van der Waals surface area contributed by atoms with Crippen LogP contribution in [0.3, 0.4) is 0 Å². The van der Waals surface area contributed by atoms with E-state index in [0.717, 1.165) is 13.0 Å². The van der Waals surface area contributed by atoms with Crippen molar-refractivity contribution in [1.82, 2.24) is 14.7 Å². The number of halogens is 1. The van der Waals surface area contributed by atoms with Gasteiger partial charge in [-0.2, -0.15) is 5.10 Å². The minimum absolute atomic E-state index is 0.0636. The van der Waals surface area contributed by atoms with Crippen molar-refractivity contribution >= 4 is 17.4 Å². The van der Waals surface area contributed by atoms with Crippen molar-refractivity contribution in [2.45, 2.75) is 45.9 Å². The van der Waals surface area contributed by atoms with Gasteiger partial charge in [0.1, 0.15) is 11.8 Å². The molecule has 0 amide bonds. The molecule has 1 aromatic heterocycles. The second-order valence-electron chi connectivity index (χ2n) is 5.38. The average molecular weight is 300 g/mol. The first kappa shape index (κ1) is 15.5. The van der Waals surface area contributed by atoms with Crippen LogP contribution in [0, 0.1) is 0 Å². The lowest BCUT2D eigenvalue weighted by molar-refractivity contribution is -0.0260. The van der Waals surface area contributed by atoms with E-state index in [1.54, 1.807) is 4.68 Å². The third kappa shape index (κ3) is 3.22. The molecule has 6 heteroatoms. The van der Waals surface area contributed by atoms with E-state index < -0.39 is 6.10 Å². The number of aromatic nitrogens is 2. The van der Waals surface area contributed by atoms with Crippen LogP contribution in [-0.2, 0) is 11.3 Å². The monoisotopic (exact) mass is 299 g/mol. The zero-order valence-corrected chi connectivity index (χ0v) is 13.1. The third-order valence-electron chi connectivity index (χ3n) is 3.58. The first-order valence-electron chi connectivity index (χ1n) is 7.15. The molecule has 112 valence electrons. The predicted octanol–water partition coefficient (Wildman–Crippen LogP) is 2.24. The van der Waals surface area contributed by atoms with Crippen LogP contribution in [0.4, 0.5) is 0 Å². The van der Waals surface area contributed by atoms with Gasteiger partial charge in [-0.1, -0.05) is 18.5 Å². The van der Waals surface area contributed by atoms with Crippen molar-refractivity contribution in [2.24, 2.45) is 0 Å². The van der Waals surface area contributed by atoms with E-state index in [1.807, 2.05) is 6.92 Å². The van der Waals surface area contributed by atoms with Crippen LogP contribution in [0.2, 0.25) is 5.02 Å². The molecule has 0 spiro atoms. The first-order chi connectivity index (χ1) is 9.54. The molecule has 1 aliphatic rings. The average Bonchev–Trinajstić information content (AvgIpc) is 2.79. The zero-order valence-electron chi connectivity index (χ0n) is 12.3. The van der Waals surface area contributed by atoms with Gasteiger partial charge in [-0.05, 0) is 20.3 Å². The van der Waals surface area contributed by atoms with Crippen LogP contribution in [0.15, 0.2) is 6.20 Å². The molecule has 0 bridgehead atoms. The Hall–Kier alpha value is -0.910. The van der Waals surface area contributed by atoms with Crippen molar-refractivity contribution < 1.29 is 9.53 Å². The summed E-state index contributed by atoms with van der Waals surface area (Å²) in [6.45, 7) is 9.04. The number of nitrogens with zero attached hydrogens (tertiary/aromatic N) is 3. The Balaban J connectivity index is 2.16. The van der Waals surface area contributed by atoms with Crippen molar-refractivity contribution in [1.29, 1.82) is 0 Å². The van der Waals surface area contributed by atoms with E-state index in [0.29, 0.717) is 36.5 Å². The predicted molar refractivity (Wildman–Crippen MR) is 78.3 cm³/mol. The number of hydrogen-bond donors (Lipinski definition) is 0. The van der Waals surface area contributed by atoms with Crippen molar-refractivity contribution in [2.75, 3.05) is 19.7 Å². The molecule has 0 saturated carbocycles. The van der Waals surface area contributed by atoms with Gasteiger partial charge in [-0.3, -0.25) is 14.4 Å². The normalized spacial score (nSPS) is 20.6. The standard InChI is InChI=1S/C14H22ClN3O2/c1-4-5-18-13(11(15)8-16-18)14(19)12-9-17(10(2)3)6-7-20-12/h8,10,12H,4-7,9H2,1-3H3. The topological polar surface area (TPSA) is 47.4 Å². The molecule has 1 aromatic rings. The Morgan fingerprint density at radius 1 is 1.60 bits per heavy atom. The van der Waals surface area contributed by atoms with Gasteiger partial charge in [0.15, 0.2) is 0 Å². The number of hydrogen-bond acceptors (Lipinski definition) is 4. The molecular formula is C14H22ClN3O2. The molecule has 2 rings (SSSR count). The van der Waals surface area contributed by atoms with E-state index >= 15 is 0 Å². The molecule has 20 heavy (non-hydrogen) atoms. The van der Waals surface area contributed by atoms with Crippen LogP contribution in [-0.4, -0.2) is 52.3 Å². The Morgan fingerprint density at radius 3 is 3.00 bits per heavy atom. The first-order valence-corrected chi connectivity index (χ1v) is 7.53. The second kappa shape index (κ2) is 6.70. The Kier molecular flexibility index (Phi) is 5.18. The Bertz CT molecular complexity index is 473. The van der Waals surface area contributed by atoms with Gasteiger partial charge in [0, 0.05) is 25.7 Å². The minimum atomic E-state index is -0.448. The molecule has 1 aliphatic heterocycles. The van der Waals surface area contributed by atoms with E-state index in [4.69, 9.17) is 16.3 Å². The quantitative estimate of drug-likeness (QED) is 0.782.